The third kappa shape index (κ3) is 3.90. The predicted octanol–water partition coefficient (Wildman–Crippen LogP) is 1.79. The highest BCUT2D eigenvalue weighted by Gasteiger charge is 2.32. The number of benzene rings is 2. The van der Waals surface area contributed by atoms with E-state index in [2.05, 4.69) is 0 Å². The molecule has 5 nitrogen and oxygen atoms in total. The Labute approximate surface area is 142 Å². The average molecular weight is 347 g/mol. The number of ketones is 1. The first kappa shape index (κ1) is 18.3. The zero-order valence-electron chi connectivity index (χ0n) is 13.5. The van der Waals surface area contributed by atoms with Crippen molar-refractivity contribution in [1.82, 2.24) is 0 Å². The molecule has 0 bridgehead atoms. The van der Waals surface area contributed by atoms with Crippen molar-refractivity contribution >= 4 is 15.6 Å². The molecule has 0 saturated carbocycles. The summed E-state index contributed by atoms with van der Waals surface area (Å²) < 4.78 is 25.6. The van der Waals surface area contributed by atoms with Gasteiger partial charge in [0.05, 0.1) is 22.8 Å². The Kier molecular flexibility index (Phi) is 5.54. The maximum Gasteiger partial charge on any atom is 0.194 e. The van der Waals surface area contributed by atoms with Gasteiger partial charge in [-0.3, -0.25) is 4.79 Å². The fourth-order valence-corrected chi connectivity index (χ4v) is 4.38. The Bertz CT molecular complexity index is 812. The summed E-state index contributed by atoms with van der Waals surface area (Å²) in [7, 11) is -3.83. The number of carbonyl (C=O) groups is 1. The molecule has 0 aliphatic rings. The van der Waals surface area contributed by atoms with E-state index in [1.165, 1.54) is 12.1 Å². The molecule has 0 amide bonds. The standard InChI is InChI=1S/C18H21NO4S/c1-2-18(19,12-20)13-24(22,23)16-11-7-6-10-15(16)17(21)14-8-4-3-5-9-14/h3-11,20H,2,12-13,19H2,1H3. The lowest BCUT2D eigenvalue weighted by molar-refractivity contribution is 0.103. The molecule has 1 unspecified atom stereocenters. The van der Waals surface area contributed by atoms with Gasteiger partial charge in [0.25, 0.3) is 0 Å². The smallest absolute Gasteiger partial charge is 0.194 e. The van der Waals surface area contributed by atoms with E-state index in [9.17, 15) is 18.3 Å². The third-order valence-electron chi connectivity index (χ3n) is 4.00. The Hall–Kier alpha value is -2.02. The molecule has 2 aromatic carbocycles. The van der Waals surface area contributed by atoms with Crippen molar-refractivity contribution in [3.63, 3.8) is 0 Å². The zero-order chi connectivity index (χ0) is 17.8. The first-order valence-electron chi connectivity index (χ1n) is 7.64. The minimum Gasteiger partial charge on any atom is -0.394 e. The first-order chi connectivity index (χ1) is 11.3. The average Bonchev–Trinajstić information content (AvgIpc) is 2.61. The molecule has 128 valence electrons. The number of aliphatic hydroxyl groups is 1. The van der Waals surface area contributed by atoms with Gasteiger partial charge < -0.3 is 10.8 Å². The molecule has 2 rings (SSSR count). The van der Waals surface area contributed by atoms with E-state index in [-0.39, 0.29) is 16.2 Å². The zero-order valence-corrected chi connectivity index (χ0v) is 14.3. The lowest BCUT2D eigenvalue weighted by atomic mass is 10.0. The van der Waals surface area contributed by atoms with Crippen LogP contribution in [0, 0.1) is 0 Å². The maximum absolute atomic E-state index is 12.8. The van der Waals surface area contributed by atoms with E-state index in [1.807, 2.05) is 0 Å². The van der Waals surface area contributed by atoms with Gasteiger partial charge in [0, 0.05) is 11.1 Å². The van der Waals surface area contributed by atoms with Crippen LogP contribution in [0.5, 0.6) is 0 Å². The Morgan fingerprint density at radius 2 is 1.67 bits per heavy atom. The lowest BCUT2D eigenvalue weighted by Crippen LogP contribution is -2.49. The second kappa shape index (κ2) is 7.25. The van der Waals surface area contributed by atoms with Crippen molar-refractivity contribution in [3.8, 4) is 0 Å². The van der Waals surface area contributed by atoms with E-state index in [0.29, 0.717) is 12.0 Å². The third-order valence-corrected chi connectivity index (χ3v) is 5.98. The molecule has 3 N–H and O–H groups in total. The highest BCUT2D eigenvalue weighted by molar-refractivity contribution is 7.91. The lowest BCUT2D eigenvalue weighted by Gasteiger charge is -2.25. The van der Waals surface area contributed by atoms with Gasteiger partial charge in [-0.05, 0) is 18.6 Å². The van der Waals surface area contributed by atoms with Crippen LogP contribution in [0.3, 0.4) is 0 Å². The minimum absolute atomic E-state index is 0.0596. The van der Waals surface area contributed by atoms with Crippen LogP contribution in [0.25, 0.3) is 0 Å². The van der Waals surface area contributed by atoms with Gasteiger partial charge in [-0.15, -0.1) is 0 Å². The number of hydrogen-bond donors (Lipinski definition) is 2. The summed E-state index contributed by atoms with van der Waals surface area (Å²) >= 11 is 0. The predicted molar refractivity (Wildman–Crippen MR) is 92.7 cm³/mol. The summed E-state index contributed by atoms with van der Waals surface area (Å²) in [5.74, 6) is -0.788. The Balaban J connectivity index is 2.47. The van der Waals surface area contributed by atoms with E-state index >= 15 is 0 Å². The first-order valence-corrected chi connectivity index (χ1v) is 9.29. The van der Waals surface area contributed by atoms with Gasteiger partial charge in [0.1, 0.15) is 0 Å². The van der Waals surface area contributed by atoms with Crippen LogP contribution in [0.15, 0.2) is 59.5 Å². The molecule has 0 aliphatic heterocycles. The number of aliphatic hydroxyl groups excluding tert-OH is 1. The largest absolute Gasteiger partial charge is 0.394 e. The second-order valence-corrected chi connectivity index (χ2v) is 7.78. The van der Waals surface area contributed by atoms with Crippen molar-refractivity contribution < 1.29 is 18.3 Å². The van der Waals surface area contributed by atoms with Gasteiger partial charge in [-0.25, -0.2) is 8.42 Å². The monoisotopic (exact) mass is 347 g/mol. The molecule has 0 saturated heterocycles. The molecule has 2 aromatic rings. The van der Waals surface area contributed by atoms with Crippen LogP contribution in [-0.2, 0) is 9.84 Å². The summed E-state index contributed by atoms with van der Waals surface area (Å²) in [5, 5.41) is 9.40. The highest BCUT2D eigenvalue weighted by Crippen LogP contribution is 2.23. The normalized spacial score (nSPS) is 14.1. The van der Waals surface area contributed by atoms with Crippen molar-refractivity contribution in [3.05, 3.63) is 65.7 Å². The van der Waals surface area contributed by atoms with Crippen LogP contribution in [0.1, 0.15) is 29.3 Å². The number of sulfone groups is 1. The highest BCUT2D eigenvalue weighted by atomic mass is 32.2. The molecular weight excluding hydrogens is 326 g/mol. The summed E-state index contributed by atoms with van der Waals surface area (Å²) in [4.78, 5) is 12.6. The van der Waals surface area contributed by atoms with E-state index < -0.39 is 27.7 Å². The van der Waals surface area contributed by atoms with Gasteiger partial charge in [-0.2, -0.15) is 0 Å². The topological polar surface area (TPSA) is 97.5 Å². The fourth-order valence-electron chi connectivity index (χ4n) is 2.39. The molecule has 24 heavy (non-hydrogen) atoms. The van der Waals surface area contributed by atoms with Crippen molar-refractivity contribution in [2.24, 2.45) is 5.73 Å². The van der Waals surface area contributed by atoms with Crippen LogP contribution < -0.4 is 5.73 Å². The molecule has 0 radical (unpaired) electrons. The van der Waals surface area contributed by atoms with Crippen LogP contribution in [0.4, 0.5) is 0 Å². The summed E-state index contributed by atoms with van der Waals surface area (Å²) in [6.45, 7) is 1.27. The number of rotatable bonds is 7. The number of hydrogen-bond acceptors (Lipinski definition) is 5. The minimum atomic E-state index is -3.83. The van der Waals surface area contributed by atoms with Crippen molar-refractivity contribution in [2.45, 2.75) is 23.8 Å². The summed E-state index contributed by atoms with van der Waals surface area (Å²) in [6, 6.07) is 14.6. The molecule has 6 heteroatoms. The van der Waals surface area contributed by atoms with Crippen LogP contribution in [-0.4, -0.2) is 37.2 Å². The SMILES string of the molecule is CCC(N)(CO)CS(=O)(=O)c1ccccc1C(=O)c1ccccc1. The van der Waals surface area contributed by atoms with Gasteiger partial charge >= 0.3 is 0 Å². The molecule has 0 fully saturated rings. The molecule has 0 spiro atoms. The molecular formula is C18H21NO4S. The molecule has 0 aromatic heterocycles. The van der Waals surface area contributed by atoms with Gasteiger partial charge in [0.15, 0.2) is 15.6 Å². The van der Waals surface area contributed by atoms with E-state index in [0.717, 1.165) is 0 Å². The summed E-state index contributed by atoms with van der Waals surface area (Å²) in [5.41, 5.74) is 5.23. The van der Waals surface area contributed by atoms with Gasteiger partial charge in [-0.1, -0.05) is 49.4 Å². The maximum atomic E-state index is 12.8. The van der Waals surface area contributed by atoms with E-state index in [4.69, 9.17) is 5.73 Å². The van der Waals surface area contributed by atoms with Crippen molar-refractivity contribution in [2.75, 3.05) is 12.4 Å². The Morgan fingerprint density at radius 1 is 1.08 bits per heavy atom. The van der Waals surface area contributed by atoms with Crippen LogP contribution >= 0.6 is 0 Å². The van der Waals surface area contributed by atoms with Crippen LogP contribution in [0.2, 0.25) is 0 Å². The van der Waals surface area contributed by atoms with E-state index in [1.54, 1.807) is 49.4 Å². The van der Waals surface area contributed by atoms with Crippen molar-refractivity contribution in [1.29, 1.82) is 0 Å². The summed E-state index contributed by atoms with van der Waals surface area (Å²) in [6.07, 6.45) is 0.303. The quantitative estimate of drug-likeness (QED) is 0.744. The number of nitrogens with two attached hydrogens (primary N) is 1. The molecule has 0 heterocycles. The number of carbonyl (C=O) groups excluding carboxylic acids is 1. The van der Waals surface area contributed by atoms with Gasteiger partial charge in [0.2, 0.25) is 0 Å². The fraction of sp³-hybridized carbons (Fsp3) is 0.278. The Morgan fingerprint density at radius 3 is 2.25 bits per heavy atom. The molecule has 0 aliphatic carbocycles. The second-order valence-electron chi connectivity index (χ2n) is 5.82. The molecule has 1 atom stereocenters.